The van der Waals surface area contributed by atoms with Gasteiger partial charge in [0, 0.05) is 18.5 Å². The largest absolute Gasteiger partial charge is 0.478 e. The predicted molar refractivity (Wildman–Crippen MR) is 73.9 cm³/mol. The van der Waals surface area contributed by atoms with Crippen molar-refractivity contribution < 1.29 is 19.1 Å². The van der Waals surface area contributed by atoms with Crippen molar-refractivity contribution in [3.05, 3.63) is 23.2 Å². The summed E-state index contributed by atoms with van der Waals surface area (Å²) in [5.74, 6) is -0.143. The summed E-state index contributed by atoms with van der Waals surface area (Å²) < 4.78 is 5.33. The van der Waals surface area contributed by atoms with Crippen LogP contribution in [0.1, 0.15) is 66.2 Å². The molecule has 1 heterocycles. The summed E-state index contributed by atoms with van der Waals surface area (Å²) in [5, 5.41) is 11.9. The maximum Gasteiger partial charge on any atom is 0.339 e. The molecule has 1 aliphatic rings. The Kier molecular flexibility index (Phi) is 4.47. The topological polar surface area (TPSA) is 79.5 Å². The Morgan fingerprint density at radius 1 is 1.50 bits per heavy atom. The van der Waals surface area contributed by atoms with E-state index in [0.717, 1.165) is 18.8 Å². The van der Waals surface area contributed by atoms with Crippen molar-refractivity contribution in [2.75, 3.05) is 0 Å². The molecule has 0 aliphatic heterocycles. The van der Waals surface area contributed by atoms with Gasteiger partial charge in [0.2, 0.25) is 0 Å². The number of aryl methyl sites for hydroxylation is 1. The number of nitrogens with one attached hydrogen (secondary N) is 1. The highest BCUT2D eigenvalue weighted by Gasteiger charge is 2.23. The van der Waals surface area contributed by atoms with Gasteiger partial charge in [0.1, 0.15) is 11.3 Å². The fraction of sp³-hybridized carbons (Fsp3) is 0.600. The van der Waals surface area contributed by atoms with Crippen LogP contribution in [0, 0.1) is 5.92 Å². The van der Waals surface area contributed by atoms with Gasteiger partial charge in [-0.15, -0.1) is 0 Å². The number of furan rings is 1. The Balaban J connectivity index is 1.95. The molecule has 5 heteroatoms. The first-order valence-electron chi connectivity index (χ1n) is 7.18. The third-order valence-corrected chi connectivity index (χ3v) is 3.67. The zero-order chi connectivity index (χ0) is 14.7. The number of hydrogen-bond donors (Lipinski definition) is 2. The summed E-state index contributed by atoms with van der Waals surface area (Å²) in [5.41, 5.74) is 0.0725. The van der Waals surface area contributed by atoms with Crippen LogP contribution in [-0.4, -0.2) is 23.0 Å². The molecule has 1 unspecified atom stereocenters. The van der Waals surface area contributed by atoms with Crippen LogP contribution in [0.15, 0.2) is 10.5 Å². The van der Waals surface area contributed by atoms with Gasteiger partial charge in [0.15, 0.2) is 5.76 Å². The van der Waals surface area contributed by atoms with E-state index in [4.69, 9.17) is 9.52 Å². The summed E-state index contributed by atoms with van der Waals surface area (Å²) in [6, 6.07) is 1.39. The smallest absolute Gasteiger partial charge is 0.339 e. The SMILES string of the molecule is CCc1oc(C(=O)NC(C)CCC2CC2)cc1C(=O)O. The minimum absolute atomic E-state index is 0.0725. The lowest BCUT2D eigenvalue weighted by Gasteiger charge is -2.12. The molecule has 1 atom stereocenters. The third kappa shape index (κ3) is 3.62. The van der Waals surface area contributed by atoms with Crippen molar-refractivity contribution in [2.45, 2.75) is 52.0 Å². The summed E-state index contributed by atoms with van der Waals surface area (Å²) in [6.45, 7) is 3.76. The molecule has 1 aromatic heterocycles. The van der Waals surface area contributed by atoms with Crippen LogP contribution in [0.5, 0.6) is 0 Å². The zero-order valence-corrected chi connectivity index (χ0v) is 11.9. The molecule has 1 aliphatic carbocycles. The summed E-state index contributed by atoms with van der Waals surface area (Å²) in [7, 11) is 0. The van der Waals surface area contributed by atoms with E-state index >= 15 is 0 Å². The molecule has 2 N–H and O–H groups in total. The quantitative estimate of drug-likeness (QED) is 0.804. The van der Waals surface area contributed by atoms with E-state index in [-0.39, 0.29) is 23.3 Å². The van der Waals surface area contributed by atoms with Gasteiger partial charge >= 0.3 is 5.97 Å². The first kappa shape index (κ1) is 14.6. The Morgan fingerprint density at radius 3 is 2.70 bits per heavy atom. The van der Waals surface area contributed by atoms with Crippen molar-refractivity contribution in [1.29, 1.82) is 0 Å². The van der Waals surface area contributed by atoms with E-state index in [1.807, 2.05) is 6.92 Å². The number of carbonyl (C=O) groups is 2. The molecule has 20 heavy (non-hydrogen) atoms. The van der Waals surface area contributed by atoms with Crippen LogP contribution < -0.4 is 5.32 Å². The van der Waals surface area contributed by atoms with Gasteiger partial charge in [-0.2, -0.15) is 0 Å². The number of hydrogen-bond acceptors (Lipinski definition) is 3. The van der Waals surface area contributed by atoms with Gasteiger partial charge < -0.3 is 14.8 Å². The van der Waals surface area contributed by atoms with E-state index < -0.39 is 5.97 Å². The lowest BCUT2D eigenvalue weighted by molar-refractivity contribution is 0.0694. The van der Waals surface area contributed by atoms with Crippen molar-refractivity contribution in [2.24, 2.45) is 5.92 Å². The highest BCUT2D eigenvalue weighted by Crippen LogP contribution is 2.33. The normalized spacial score (nSPS) is 15.9. The molecule has 0 bridgehead atoms. The number of amides is 1. The summed E-state index contributed by atoms with van der Waals surface area (Å²) in [4.78, 5) is 23.1. The lowest BCUT2D eigenvalue weighted by Crippen LogP contribution is -2.32. The number of aromatic carboxylic acids is 1. The van der Waals surface area contributed by atoms with Crippen LogP contribution in [0.2, 0.25) is 0 Å². The Labute approximate surface area is 118 Å². The highest BCUT2D eigenvalue weighted by atomic mass is 16.4. The fourth-order valence-corrected chi connectivity index (χ4v) is 2.24. The fourth-order valence-electron chi connectivity index (χ4n) is 2.24. The Morgan fingerprint density at radius 2 is 2.20 bits per heavy atom. The lowest BCUT2D eigenvalue weighted by atomic mass is 10.1. The second-order valence-corrected chi connectivity index (χ2v) is 5.50. The predicted octanol–water partition coefficient (Wildman–Crippen LogP) is 2.85. The number of carboxylic acids is 1. The van der Waals surface area contributed by atoms with Crippen molar-refractivity contribution in [3.8, 4) is 0 Å². The molecule has 1 fully saturated rings. The molecular formula is C15H21NO4. The van der Waals surface area contributed by atoms with Gasteiger partial charge in [0.05, 0.1) is 0 Å². The summed E-state index contributed by atoms with van der Waals surface area (Å²) in [6.07, 6.45) is 5.15. The molecule has 0 saturated heterocycles. The number of carbonyl (C=O) groups excluding carboxylic acids is 1. The van der Waals surface area contributed by atoms with Gasteiger partial charge in [-0.25, -0.2) is 4.79 Å². The molecule has 110 valence electrons. The minimum atomic E-state index is -1.06. The standard InChI is InChI=1S/C15H21NO4/c1-3-12-11(15(18)19)8-13(20-12)14(17)16-9(2)4-5-10-6-7-10/h8-10H,3-7H2,1-2H3,(H,16,17)(H,18,19). The second-order valence-electron chi connectivity index (χ2n) is 5.50. The van der Waals surface area contributed by atoms with E-state index in [9.17, 15) is 9.59 Å². The van der Waals surface area contributed by atoms with Crippen molar-refractivity contribution >= 4 is 11.9 Å². The van der Waals surface area contributed by atoms with Gasteiger partial charge in [0.25, 0.3) is 5.91 Å². The first-order valence-corrected chi connectivity index (χ1v) is 7.18. The maximum atomic E-state index is 12.0. The molecule has 0 spiro atoms. The first-order chi connectivity index (χ1) is 9.51. The second kappa shape index (κ2) is 6.11. The van der Waals surface area contributed by atoms with Crippen LogP contribution in [-0.2, 0) is 6.42 Å². The van der Waals surface area contributed by atoms with Crippen molar-refractivity contribution in [3.63, 3.8) is 0 Å². The number of carboxylic acid groups (broad SMARTS) is 1. The van der Waals surface area contributed by atoms with E-state index in [2.05, 4.69) is 5.32 Å². The van der Waals surface area contributed by atoms with Crippen LogP contribution >= 0.6 is 0 Å². The van der Waals surface area contributed by atoms with Crippen LogP contribution in [0.4, 0.5) is 0 Å². The Bertz CT molecular complexity index is 502. The highest BCUT2D eigenvalue weighted by molar-refractivity contribution is 5.96. The van der Waals surface area contributed by atoms with Crippen LogP contribution in [0.25, 0.3) is 0 Å². The minimum Gasteiger partial charge on any atom is -0.478 e. The van der Waals surface area contributed by atoms with Crippen LogP contribution in [0.3, 0.4) is 0 Å². The molecule has 0 radical (unpaired) electrons. The molecule has 1 amide bonds. The molecule has 1 saturated carbocycles. The van der Waals surface area contributed by atoms with E-state index in [1.54, 1.807) is 6.92 Å². The van der Waals surface area contributed by atoms with Gasteiger partial charge in [-0.3, -0.25) is 4.79 Å². The van der Waals surface area contributed by atoms with E-state index in [1.165, 1.54) is 18.9 Å². The molecule has 0 aromatic carbocycles. The zero-order valence-electron chi connectivity index (χ0n) is 11.9. The molecule has 1 aromatic rings. The number of rotatable bonds is 7. The monoisotopic (exact) mass is 279 g/mol. The van der Waals surface area contributed by atoms with Crippen molar-refractivity contribution in [1.82, 2.24) is 5.32 Å². The average Bonchev–Trinajstić information content (AvgIpc) is 3.12. The molecule has 2 rings (SSSR count). The maximum absolute atomic E-state index is 12.0. The Hall–Kier alpha value is -1.78. The molecular weight excluding hydrogens is 258 g/mol. The molecule has 5 nitrogen and oxygen atoms in total. The van der Waals surface area contributed by atoms with Gasteiger partial charge in [-0.1, -0.05) is 19.8 Å². The summed E-state index contributed by atoms with van der Waals surface area (Å²) >= 11 is 0. The van der Waals surface area contributed by atoms with E-state index in [0.29, 0.717) is 12.2 Å². The van der Waals surface area contributed by atoms with Gasteiger partial charge in [-0.05, 0) is 25.7 Å². The third-order valence-electron chi connectivity index (χ3n) is 3.67. The average molecular weight is 279 g/mol.